The Labute approximate surface area is 292 Å². The lowest BCUT2D eigenvalue weighted by molar-refractivity contribution is 0.0334. The maximum atomic E-state index is 13.4. The Kier molecular flexibility index (Phi) is 10.9. The number of carbonyl (C=O) groups is 2. The Morgan fingerprint density at radius 2 is 1.14 bits per heavy atom. The van der Waals surface area contributed by atoms with Crippen LogP contribution in [0.1, 0.15) is 114 Å². The van der Waals surface area contributed by atoms with E-state index in [1.54, 1.807) is 18.2 Å². The summed E-state index contributed by atoms with van der Waals surface area (Å²) in [6.07, 6.45) is 2.63. The molecule has 4 heteroatoms. The Hall–Kier alpha value is -4.96. The van der Waals surface area contributed by atoms with Gasteiger partial charge in [-0.1, -0.05) is 125 Å². The second-order valence-electron chi connectivity index (χ2n) is 13.4. The van der Waals surface area contributed by atoms with Crippen molar-refractivity contribution in [1.29, 1.82) is 0 Å². The predicted octanol–water partition coefficient (Wildman–Crippen LogP) is 10.9. The number of carbonyl (C=O) groups excluding carboxylic acids is 2. The van der Waals surface area contributed by atoms with Crippen LogP contribution in [0.2, 0.25) is 0 Å². The molecular formula is C45H48O4. The lowest BCUT2D eigenvalue weighted by Gasteiger charge is -2.38. The molecule has 5 aromatic carbocycles. The molecule has 0 saturated heterocycles. The van der Waals surface area contributed by atoms with Crippen LogP contribution in [0, 0.1) is 13.8 Å². The molecule has 0 aliphatic heterocycles. The molecule has 1 unspecified atom stereocenters. The minimum absolute atomic E-state index is 0.0979. The number of ether oxygens (including phenoxy) is 2. The third-order valence-electron chi connectivity index (χ3n) is 10.3. The lowest BCUT2D eigenvalue weighted by Crippen LogP contribution is -2.32. The fraction of sp³-hybridized carbons (Fsp3) is 0.289. The molecule has 49 heavy (non-hydrogen) atoms. The van der Waals surface area contributed by atoms with Gasteiger partial charge < -0.3 is 9.47 Å². The molecule has 252 valence electrons. The van der Waals surface area contributed by atoms with Gasteiger partial charge >= 0.3 is 11.9 Å². The summed E-state index contributed by atoms with van der Waals surface area (Å²) in [4.78, 5) is 26.0. The van der Waals surface area contributed by atoms with Crippen molar-refractivity contribution >= 4 is 11.9 Å². The summed E-state index contributed by atoms with van der Waals surface area (Å²) in [5, 5.41) is 0. The van der Waals surface area contributed by atoms with E-state index in [1.165, 1.54) is 22.8 Å². The Bertz CT molecular complexity index is 1860. The third kappa shape index (κ3) is 7.10. The molecule has 0 N–H and O–H groups in total. The first kappa shape index (κ1) is 35.3. The molecule has 0 bridgehead atoms. The summed E-state index contributed by atoms with van der Waals surface area (Å²) >= 11 is 0. The second-order valence-corrected chi connectivity index (χ2v) is 13.4. The minimum atomic E-state index is -0.641. The van der Waals surface area contributed by atoms with Crippen LogP contribution in [0.4, 0.5) is 0 Å². The van der Waals surface area contributed by atoms with Gasteiger partial charge in [0.1, 0.15) is 5.75 Å². The highest BCUT2D eigenvalue weighted by atomic mass is 16.5. The van der Waals surface area contributed by atoms with E-state index in [0.29, 0.717) is 17.7 Å². The zero-order chi connectivity index (χ0) is 35.2. The Morgan fingerprint density at radius 3 is 1.65 bits per heavy atom. The highest BCUT2D eigenvalue weighted by molar-refractivity contribution is 5.96. The van der Waals surface area contributed by atoms with Gasteiger partial charge in [-0.2, -0.15) is 0 Å². The van der Waals surface area contributed by atoms with E-state index >= 15 is 0 Å². The monoisotopic (exact) mass is 652 g/mol. The van der Waals surface area contributed by atoms with E-state index in [2.05, 4.69) is 119 Å². The molecular weight excluding hydrogens is 604 g/mol. The van der Waals surface area contributed by atoms with Crippen molar-refractivity contribution < 1.29 is 19.1 Å². The van der Waals surface area contributed by atoms with Crippen molar-refractivity contribution in [1.82, 2.24) is 0 Å². The lowest BCUT2D eigenvalue weighted by atomic mass is 9.64. The number of benzene rings is 5. The van der Waals surface area contributed by atoms with Gasteiger partial charge in [-0.25, -0.2) is 9.59 Å². The van der Waals surface area contributed by atoms with Gasteiger partial charge in [0.2, 0.25) is 0 Å². The van der Waals surface area contributed by atoms with Crippen LogP contribution in [0.5, 0.6) is 5.75 Å². The summed E-state index contributed by atoms with van der Waals surface area (Å²) in [5.74, 6) is -0.531. The summed E-state index contributed by atoms with van der Waals surface area (Å²) in [6.45, 7) is 14.9. The summed E-state index contributed by atoms with van der Waals surface area (Å²) in [6, 6.07) is 40.8. The van der Waals surface area contributed by atoms with Crippen molar-refractivity contribution in [3.63, 3.8) is 0 Å². The molecule has 0 amide bonds. The van der Waals surface area contributed by atoms with Crippen molar-refractivity contribution in [3.05, 3.63) is 171 Å². The van der Waals surface area contributed by atoms with Crippen LogP contribution in [0.15, 0.2) is 121 Å². The maximum absolute atomic E-state index is 13.4. The summed E-state index contributed by atoms with van der Waals surface area (Å²) in [7, 11) is 0. The smallest absolute Gasteiger partial charge is 0.343 e. The number of hydrogen-bond donors (Lipinski definition) is 0. The Balaban J connectivity index is 1.60. The summed E-state index contributed by atoms with van der Waals surface area (Å²) < 4.78 is 11.4. The van der Waals surface area contributed by atoms with E-state index in [4.69, 9.17) is 9.47 Å². The fourth-order valence-electron chi connectivity index (χ4n) is 6.84. The Morgan fingerprint density at radius 1 is 0.612 bits per heavy atom. The zero-order valence-corrected chi connectivity index (χ0v) is 29.9. The number of hydrogen-bond acceptors (Lipinski definition) is 4. The van der Waals surface area contributed by atoms with Crippen LogP contribution < -0.4 is 4.74 Å². The topological polar surface area (TPSA) is 52.6 Å². The molecule has 0 aromatic heterocycles. The molecule has 0 aliphatic rings. The highest BCUT2D eigenvalue weighted by Crippen LogP contribution is 2.47. The highest BCUT2D eigenvalue weighted by Gasteiger charge is 2.39. The van der Waals surface area contributed by atoms with Crippen molar-refractivity contribution in [2.75, 3.05) is 0 Å². The van der Waals surface area contributed by atoms with E-state index in [1.807, 2.05) is 26.8 Å². The average molecular weight is 653 g/mol. The molecule has 0 saturated carbocycles. The molecule has 0 spiro atoms. The van der Waals surface area contributed by atoms with Crippen LogP contribution in [0.3, 0.4) is 0 Å². The van der Waals surface area contributed by atoms with Gasteiger partial charge in [0.05, 0.1) is 22.6 Å². The first-order valence-electron chi connectivity index (χ1n) is 17.4. The van der Waals surface area contributed by atoms with Gasteiger partial charge in [-0.3, -0.25) is 0 Å². The molecule has 0 fully saturated rings. The molecule has 0 radical (unpaired) electrons. The van der Waals surface area contributed by atoms with E-state index in [9.17, 15) is 9.59 Å². The average Bonchev–Trinajstić information content (AvgIpc) is 3.13. The first-order valence-corrected chi connectivity index (χ1v) is 17.4. The standard InChI is InChI=1S/C45H48O4/c1-8-33(6)48-42(46)34-18-17-19-35(30-34)43(47)49-41-27-25-39(29-32(41)5)45(36-20-13-11-14-21-36,37-22-15-12-16-23-37)38-24-26-40(31(4)28-38)44(7,9-2)10-3/h11-30,33H,8-10H2,1-7H3. The number of esters is 2. The van der Waals surface area contributed by atoms with Gasteiger partial charge in [0, 0.05) is 0 Å². The normalized spacial score (nSPS) is 12.3. The quantitative estimate of drug-likeness (QED) is 0.0764. The van der Waals surface area contributed by atoms with Gasteiger partial charge in [-0.15, -0.1) is 0 Å². The second kappa shape index (κ2) is 15.1. The number of aryl methyl sites for hydroxylation is 2. The maximum Gasteiger partial charge on any atom is 0.343 e. The fourth-order valence-corrected chi connectivity index (χ4v) is 6.84. The van der Waals surface area contributed by atoms with Gasteiger partial charge in [0.25, 0.3) is 0 Å². The SMILES string of the molecule is CCC(C)OC(=O)c1cccc(C(=O)Oc2ccc(C(c3ccccc3)(c3ccccc3)c3ccc(C(C)(CC)CC)c(C)c3)cc2C)c1. The third-order valence-corrected chi connectivity index (χ3v) is 10.3. The molecule has 5 rings (SSSR count). The van der Waals surface area contributed by atoms with Crippen LogP contribution in [0.25, 0.3) is 0 Å². The zero-order valence-electron chi connectivity index (χ0n) is 29.9. The number of rotatable bonds is 12. The van der Waals surface area contributed by atoms with E-state index in [-0.39, 0.29) is 17.1 Å². The van der Waals surface area contributed by atoms with Crippen LogP contribution in [-0.2, 0) is 15.6 Å². The molecule has 1 atom stereocenters. The molecule has 0 heterocycles. The largest absolute Gasteiger partial charge is 0.459 e. The van der Waals surface area contributed by atoms with Gasteiger partial charge in [0.15, 0.2) is 0 Å². The van der Waals surface area contributed by atoms with E-state index in [0.717, 1.165) is 35.1 Å². The summed E-state index contributed by atoms with van der Waals surface area (Å²) in [5.41, 5.74) is 8.07. The molecule has 4 nitrogen and oxygen atoms in total. The van der Waals surface area contributed by atoms with Crippen molar-refractivity contribution in [2.24, 2.45) is 0 Å². The molecule has 5 aromatic rings. The van der Waals surface area contributed by atoms with Crippen molar-refractivity contribution in [3.8, 4) is 5.75 Å². The van der Waals surface area contributed by atoms with Crippen LogP contribution >= 0.6 is 0 Å². The van der Waals surface area contributed by atoms with Crippen molar-refractivity contribution in [2.45, 2.75) is 84.7 Å². The van der Waals surface area contributed by atoms with Crippen LogP contribution in [-0.4, -0.2) is 18.0 Å². The van der Waals surface area contributed by atoms with E-state index < -0.39 is 17.4 Å². The predicted molar refractivity (Wildman–Crippen MR) is 199 cm³/mol. The van der Waals surface area contributed by atoms with Gasteiger partial charge in [-0.05, 0) is 109 Å². The minimum Gasteiger partial charge on any atom is -0.459 e. The first-order chi connectivity index (χ1) is 23.6. The molecule has 0 aliphatic carbocycles.